The Morgan fingerprint density at radius 2 is 0.884 bits per heavy atom. The molecule has 0 nitrogen and oxygen atoms in total. The van der Waals surface area contributed by atoms with Crippen molar-refractivity contribution in [3.63, 3.8) is 0 Å². The molecule has 0 saturated heterocycles. The van der Waals surface area contributed by atoms with E-state index >= 15 is 0 Å². The lowest BCUT2D eigenvalue weighted by molar-refractivity contribution is 0.568. The summed E-state index contributed by atoms with van der Waals surface area (Å²) in [6.07, 6.45) is 3.62. The van der Waals surface area contributed by atoms with Gasteiger partial charge in [-0.15, -0.1) is 0 Å². The van der Waals surface area contributed by atoms with Crippen LogP contribution in [0.4, 0.5) is 0 Å². The summed E-state index contributed by atoms with van der Waals surface area (Å²) in [7, 11) is 0. The molecular formula is C69H66. The van der Waals surface area contributed by atoms with Gasteiger partial charge in [-0.3, -0.25) is 0 Å². The first-order valence-electron chi connectivity index (χ1n) is 25.5. The summed E-state index contributed by atoms with van der Waals surface area (Å²) in [5, 5.41) is 7.93. The summed E-state index contributed by atoms with van der Waals surface area (Å²) < 4.78 is 0. The average molecular weight is 895 g/mol. The highest BCUT2D eigenvalue weighted by Gasteiger charge is 2.42. The molecule has 342 valence electrons. The number of hydrogen-bond acceptors (Lipinski definition) is 0. The van der Waals surface area contributed by atoms with Gasteiger partial charge in [-0.05, 0) is 191 Å². The predicted octanol–water partition coefficient (Wildman–Crippen LogP) is 19.6. The third-order valence-corrected chi connectivity index (χ3v) is 16.1. The van der Waals surface area contributed by atoms with Gasteiger partial charge < -0.3 is 0 Å². The second-order valence-corrected chi connectivity index (χ2v) is 25.0. The number of rotatable bonds is 3. The zero-order chi connectivity index (χ0) is 48.3. The molecule has 0 heterocycles. The first-order chi connectivity index (χ1) is 32.6. The van der Waals surface area contributed by atoms with Crippen LogP contribution >= 0.6 is 0 Å². The maximum absolute atomic E-state index is 2.65. The van der Waals surface area contributed by atoms with Crippen molar-refractivity contribution >= 4 is 37.9 Å². The molecule has 0 aromatic heterocycles. The van der Waals surface area contributed by atoms with E-state index in [0.29, 0.717) is 0 Å². The van der Waals surface area contributed by atoms with Crippen LogP contribution in [0.25, 0.3) is 93.5 Å². The number of benzene rings is 9. The van der Waals surface area contributed by atoms with Gasteiger partial charge in [0, 0.05) is 5.92 Å². The Morgan fingerprint density at radius 3 is 1.45 bits per heavy atom. The fraction of sp³-hybridized carbons (Fsp3) is 0.275. The Kier molecular flexibility index (Phi) is 9.36. The van der Waals surface area contributed by atoms with Crippen LogP contribution in [0.3, 0.4) is 0 Å². The van der Waals surface area contributed by atoms with Gasteiger partial charge in [-0.1, -0.05) is 216 Å². The fourth-order valence-corrected chi connectivity index (χ4v) is 12.3. The number of aryl methyl sites for hydroxylation is 1. The average Bonchev–Trinajstić information content (AvgIpc) is 3.79. The molecule has 1 unspecified atom stereocenters. The van der Waals surface area contributed by atoms with Crippen LogP contribution in [0.1, 0.15) is 145 Å². The Labute approximate surface area is 411 Å². The minimum atomic E-state index is -0.0218. The monoisotopic (exact) mass is 895 g/mol. The molecule has 12 rings (SSSR count). The second kappa shape index (κ2) is 14.8. The number of hydrogen-bond donors (Lipinski definition) is 0. The molecule has 1 atom stereocenters. The van der Waals surface area contributed by atoms with Crippen LogP contribution < -0.4 is 0 Å². The third-order valence-electron chi connectivity index (χ3n) is 16.1. The van der Waals surface area contributed by atoms with Crippen LogP contribution in [0.5, 0.6) is 0 Å². The normalized spacial score (nSPS) is 15.2. The van der Waals surface area contributed by atoms with E-state index in [0.717, 1.165) is 6.42 Å². The standard InChI is InChI=1S/C69H66/c1-39-23-24-49-41(29-39)30-42-35-57-52-25-27-54-63-55(28-26-53(62(52)63)58(57)38-56(42)59(49)40-19-15-14-16-20-40)65-61(44-33-47(68(8,9)10)37-48(34-44)69(11,12)13)51-22-18-17-21-50(51)60(64(54)65)43-31-45(66(2,3)4)36-46(32-43)67(5,6)7/h14-24,26-38,52H,25H2,1-13H3. The van der Waals surface area contributed by atoms with Crippen molar-refractivity contribution in [2.75, 3.05) is 0 Å². The summed E-state index contributed by atoms with van der Waals surface area (Å²) in [6.45, 7) is 30.7. The molecule has 3 aliphatic rings. The molecule has 9 aromatic rings. The summed E-state index contributed by atoms with van der Waals surface area (Å²) in [6, 6.07) is 55.1. The highest BCUT2D eigenvalue weighted by atomic mass is 14.4. The first-order valence-corrected chi connectivity index (χ1v) is 25.5. The van der Waals surface area contributed by atoms with Gasteiger partial charge in [0.15, 0.2) is 0 Å². The summed E-state index contributed by atoms with van der Waals surface area (Å²) in [5.41, 5.74) is 27.5. The van der Waals surface area contributed by atoms with Gasteiger partial charge in [-0.25, -0.2) is 0 Å². The molecule has 0 amide bonds. The van der Waals surface area contributed by atoms with Crippen LogP contribution in [0, 0.1) is 6.92 Å². The van der Waals surface area contributed by atoms with Gasteiger partial charge >= 0.3 is 0 Å². The lowest BCUT2D eigenvalue weighted by atomic mass is 9.75. The molecule has 0 bridgehead atoms. The zero-order valence-corrected chi connectivity index (χ0v) is 43.1. The van der Waals surface area contributed by atoms with E-state index in [1.54, 1.807) is 0 Å². The first kappa shape index (κ1) is 43.8. The van der Waals surface area contributed by atoms with Crippen molar-refractivity contribution in [2.45, 2.75) is 124 Å². The molecule has 0 fully saturated rings. The Hall–Kier alpha value is -6.50. The topological polar surface area (TPSA) is 0 Å². The van der Waals surface area contributed by atoms with Crippen molar-refractivity contribution in [3.05, 3.63) is 196 Å². The molecule has 0 spiro atoms. The van der Waals surface area contributed by atoms with E-state index < -0.39 is 0 Å². The zero-order valence-electron chi connectivity index (χ0n) is 43.1. The van der Waals surface area contributed by atoms with E-state index in [4.69, 9.17) is 0 Å². The van der Waals surface area contributed by atoms with Crippen LogP contribution in [0.15, 0.2) is 146 Å². The van der Waals surface area contributed by atoms with Crippen molar-refractivity contribution < 1.29 is 0 Å². The minimum absolute atomic E-state index is 0.0207. The van der Waals surface area contributed by atoms with Gasteiger partial charge in [-0.2, -0.15) is 0 Å². The lowest BCUT2D eigenvalue weighted by Gasteiger charge is -2.29. The second-order valence-electron chi connectivity index (χ2n) is 25.0. The quantitative estimate of drug-likeness (QED) is 0.155. The van der Waals surface area contributed by atoms with Crippen molar-refractivity contribution in [1.82, 2.24) is 0 Å². The van der Waals surface area contributed by atoms with Crippen molar-refractivity contribution in [2.24, 2.45) is 0 Å². The van der Waals surface area contributed by atoms with E-state index in [1.165, 1.54) is 144 Å². The molecule has 3 aliphatic carbocycles. The van der Waals surface area contributed by atoms with E-state index in [-0.39, 0.29) is 27.6 Å². The van der Waals surface area contributed by atoms with Crippen LogP contribution in [-0.2, 0) is 21.7 Å². The SMILES string of the molecule is Cc1ccc2c(-c3ccccc3)c3cc4c(cc3cc2c1)C1CC=C2c3c(ccc-4c31)-c1c2c(-c2cc(C(C)(C)C)cc(C(C)(C)C)c2)c2ccccc2c1-c1cc(C(C)(C)C)cc(C(C)(C)C)c1. The molecular weight excluding hydrogens is 829 g/mol. The minimum Gasteiger partial charge on any atom is -0.0750 e. The summed E-state index contributed by atoms with van der Waals surface area (Å²) in [5.74, 6) is 0.288. The van der Waals surface area contributed by atoms with E-state index in [1.807, 2.05) is 0 Å². The van der Waals surface area contributed by atoms with Gasteiger partial charge in [0.05, 0.1) is 0 Å². The van der Waals surface area contributed by atoms with Crippen LogP contribution in [-0.4, -0.2) is 0 Å². The van der Waals surface area contributed by atoms with Crippen LogP contribution in [0.2, 0.25) is 0 Å². The Bertz CT molecular complexity index is 3640. The van der Waals surface area contributed by atoms with Gasteiger partial charge in [0.2, 0.25) is 0 Å². The Balaban J connectivity index is 1.19. The smallest absolute Gasteiger partial charge is 0.0143 e. The molecule has 0 N–H and O–H groups in total. The third kappa shape index (κ3) is 6.76. The fourth-order valence-electron chi connectivity index (χ4n) is 12.3. The maximum Gasteiger partial charge on any atom is 0.0143 e. The highest BCUT2D eigenvalue weighted by Crippen LogP contribution is 2.64. The van der Waals surface area contributed by atoms with E-state index in [9.17, 15) is 0 Å². The van der Waals surface area contributed by atoms with Crippen molar-refractivity contribution in [1.29, 1.82) is 0 Å². The molecule has 9 aromatic carbocycles. The van der Waals surface area contributed by atoms with Crippen molar-refractivity contribution in [3.8, 4) is 55.6 Å². The maximum atomic E-state index is 2.65. The van der Waals surface area contributed by atoms with Gasteiger partial charge in [0.1, 0.15) is 0 Å². The Morgan fingerprint density at radius 1 is 0.362 bits per heavy atom. The van der Waals surface area contributed by atoms with E-state index in [2.05, 4.69) is 236 Å². The predicted molar refractivity (Wildman–Crippen MR) is 299 cm³/mol. The molecule has 0 aliphatic heterocycles. The van der Waals surface area contributed by atoms with Gasteiger partial charge in [0.25, 0.3) is 0 Å². The summed E-state index contributed by atoms with van der Waals surface area (Å²) >= 11 is 0. The molecule has 0 saturated carbocycles. The summed E-state index contributed by atoms with van der Waals surface area (Å²) in [4.78, 5) is 0. The lowest BCUT2D eigenvalue weighted by Crippen LogP contribution is -2.17. The molecule has 69 heavy (non-hydrogen) atoms. The largest absolute Gasteiger partial charge is 0.0750 e. The number of allylic oxidation sites excluding steroid dienone is 1. The molecule has 0 radical (unpaired) electrons. The highest BCUT2D eigenvalue weighted by molar-refractivity contribution is 6.23. The number of fused-ring (bicyclic) bond motifs is 9. The molecule has 0 heteroatoms.